The molecule has 0 atom stereocenters. The minimum Gasteiger partial charge on any atom is -0.504 e. The molecule has 0 radical (unpaired) electrons. The maximum Gasteiger partial charge on any atom is 0.219 e. The quantitative estimate of drug-likeness (QED) is 0.782. The summed E-state index contributed by atoms with van der Waals surface area (Å²) in [6, 6.07) is 16.3. The second-order valence-electron chi connectivity index (χ2n) is 4.31. The minimum atomic E-state index is -0.0366. The van der Waals surface area contributed by atoms with Crippen LogP contribution in [-0.4, -0.2) is 10.2 Å². The Morgan fingerprint density at radius 3 is 2.50 bits per heavy atom. The van der Waals surface area contributed by atoms with Crippen molar-refractivity contribution >= 4 is 27.8 Å². The van der Waals surface area contributed by atoms with E-state index in [-0.39, 0.29) is 10.9 Å². The second-order valence-corrected chi connectivity index (χ2v) is 5.26. The topological polar surface area (TPSA) is 50.4 Å². The predicted molar refractivity (Wildman–Crippen MR) is 79.9 cm³/mol. The molecule has 0 amide bonds. The molecule has 0 spiro atoms. The summed E-state index contributed by atoms with van der Waals surface area (Å²) in [6.07, 6.45) is 0. The molecule has 4 heteroatoms. The van der Waals surface area contributed by atoms with Gasteiger partial charge < -0.3 is 9.52 Å². The monoisotopic (exact) mass is 284 g/mol. The molecule has 0 fully saturated rings. The van der Waals surface area contributed by atoms with E-state index >= 15 is 0 Å². The lowest BCUT2D eigenvalue weighted by atomic mass is 10.2. The van der Waals surface area contributed by atoms with Crippen LogP contribution in [0.2, 0.25) is 0 Å². The minimum absolute atomic E-state index is 0.0366. The van der Waals surface area contributed by atoms with Crippen LogP contribution < -0.4 is 0 Å². The first kappa shape index (κ1) is 12.8. The van der Waals surface area contributed by atoms with Crippen molar-refractivity contribution in [3.8, 4) is 5.75 Å². The van der Waals surface area contributed by atoms with Crippen molar-refractivity contribution in [3.05, 3.63) is 65.9 Å². The van der Waals surface area contributed by atoms with Gasteiger partial charge in [0.25, 0.3) is 0 Å². The highest BCUT2D eigenvalue weighted by Crippen LogP contribution is 2.34. The van der Waals surface area contributed by atoms with Crippen molar-refractivity contribution in [2.45, 2.75) is 5.75 Å². The van der Waals surface area contributed by atoms with Gasteiger partial charge in [-0.15, -0.1) is 0 Å². The van der Waals surface area contributed by atoms with E-state index in [1.165, 1.54) is 0 Å². The maximum atomic E-state index is 12.0. The Hall–Kier alpha value is -2.20. The fourth-order valence-corrected chi connectivity index (χ4v) is 2.73. The molecule has 0 aliphatic heterocycles. The molecule has 2 aromatic carbocycles. The van der Waals surface area contributed by atoms with Crippen molar-refractivity contribution in [2.75, 3.05) is 0 Å². The highest BCUT2D eigenvalue weighted by Gasteiger charge is 2.15. The lowest BCUT2D eigenvalue weighted by molar-refractivity contribution is 0.108. The fourth-order valence-electron chi connectivity index (χ4n) is 1.97. The highest BCUT2D eigenvalue weighted by atomic mass is 32.2. The summed E-state index contributed by atoms with van der Waals surface area (Å²) in [7, 11) is 0. The van der Waals surface area contributed by atoms with E-state index in [1.807, 2.05) is 30.3 Å². The summed E-state index contributed by atoms with van der Waals surface area (Å²) in [5.41, 5.74) is 1.28. The van der Waals surface area contributed by atoms with Gasteiger partial charge in [-0.3, -0.25) is 4.79 Å². The highest BCUT2D eigenvalue weighted by molar-refractivity contribution is 8.13. The molecule has 3 aromatic rings. The van der Waals surface area contributed by atoms with Crippen LogP contribution in [0.15, 0.2) is 59.0 Å². The van der Waals surface area contributed by atoms with E-state index in [0.29, 0.717) is 28.0 Å². The van der Waals surface area contributed by atoms with E-state index < -0.39 is 0 Å². The number of furan rings is 1. The van der Waals surface area contributed by atoms with Gasteiger partial charge in [0, 0.05) is 5.56 Å². The Labute approximate surface area is 120 Å². The molecule has 3 nitrogen and oxygen atoms in total. The van der Waals surface area contributed by atoms with E-state index in [1.54, 1.807) is 24.3 Å². The number of thioether (sulfide) groups is 1. The number of carbonyl (C=O) groups is 1. The normalized spacial score (nSPS) is 10.8. The van der Waals surface area contributed by atoms with Gasteiger partial charge in [0.05, 0.1) is 11.1 Å². The van der Waals surface area contributed by atoms with Crippen molar-refractivity contribution < 1.29 is 14.3 Å². The first-order chi connectivity index (χ1) is 9.75. The van der Waals surface area contributed by atoms with Crippen LogP contribution in [0.3, 0.4) is 0 Å². The SMILES string of the molecule is O=C(SCc1oc2ccccc2c1O)c1ccccc1. The van der Waals surface area contributed by atoms with Crippen molar-refractivity contribution in [1.82, 2.24) is 0 Å². The molecule has 0 saturated heterocycles. The van der Waals surface area contributed by atoms with Crippen LogP contribution in [0.4, 0.5) is 0 Å². The van der Waals surface area contributed by atoms with E-state index in [2.05, 4.69) is 0 Å². The second kappa shape index (κ2) is 5.43. The van der Waals surface area contributed by atoms with Crippen molar-refractivity contribution in [1.29, 1.82) is 0 Å². The third-order valence-corrected chi connectivity index (χ3v) is 3.89. The van der Waals surface area contributed by atoms with Gasteiger partial charge in [-0.1, -0.05) is 54.2 Å². The zero-order valence-corrected chi connectivity index (χ0v) is 11.4. The first-order valence-corrected chi connectivity index (χ1v) is 7.16. The molecule has 0 saturated carbocycles. The summed E-state index contributed by atoms with van der Waals surface area (Å²) in [5.74, 6) is 0.864. The first-order valence-electron chi connectivity index (χ1n) is 6.17. The van der Waals surface area contributed by atoms with Crippen LogP contribution >= 0.6 is 11.8 Å². The van der Waals surface area contributed by atoms with Gasteiger partial charge in [0.2, 0.25) is 5.12 Å². The van der Waals surface area contributed by atoms with Crippen LogP contribution in [0.1, 0.15) is 16.1 Å². The van der Waals surface area contributed by atoms with Gasteiger partial charge in [-0.25, -0.2) is 0 Å². The Kier molecular flexibility index (Phi) is 3.48. The number of fused-ring (bicyclic) bond motifs is 1. The number of aromatic hydroxyl groups is 1. The average molecular weight is 284 g/mol. The summed E-state index contributed by atoms with van der Waals surface area (Å²) in [6.45, 7) is 0. The zero-order chi connectivity index (χ0) is 13.9. The van der Waals surface area contributed by atoms with Crippen LogP contribution in [0, 0.1) is 0 Å². The predicted octanol–water partition coefficient (Wildman–Crippen LogP) is 4.21. The summed E-state index contributed by atoms with van der Waals surface area (Å²) >= 11 is 1.12. The van der Waals surface area contributed by atoms with Gasteiger partial charge >= 0.3 is 0 Å². The Balaban J connectivity index is 1.77. The third kappa shape index (κ3) is 2.42. The molecule has 0 bridgehead atoms. The molecule has 100 valence electrons. The molecule has 1 aromatic heterocycles. The molecule has 1 heterocycles. The Morgan fingerprint density at radius 2 is 1.75 bits per heavy atom. The third-order valence-electron chi connectivity index (χ3n) is 2.98. The van der Waals surface area contributed by atoms with E-state index in [0.717, 1.165) is 11.8 Å². The van der Waals surface area contributed by atoms with Crippen LogP contribution in [0.25, 0.3) is 11.0 Å². The lowest BCUT2D eigenvalue weighted by Crippen LogP contribution is -1.93. The fraction of sp³-hybridized carbons (Fsp3) is 0.0625. The van der Waals surface area contributed by atoms with E-state index in [4.69, 9.17) is 4.42 Å². The Bertz CT molecular complexity index is 747. The van der Waals surface area contributed by atoms with Crippen LogP contribution in [0.5, 0.6) is 5.75 Å². The number of rotatable bonds is 3. The average Bonchev–Trinajstić information content (AvgIpc) is 2.83. The van der Waals surface area contributed by atoms with Gasteiger partial charge in [0.15, 0.2) is 11.5 Å². The molecule has 0 unspecified atom stereocenters. The molecular weight excluding hydrogens is 272 g/mol. The standard InChI is InChI=1S/C16H12O3S/c17-15-12-8-4-5-9-13(12)19-14(15)10-20-16(18)11-6-2-1-3-7-11/h1-9,17H,10H2. The largest absolute Gasteiger partial charge is 0.504 e. The Morgan fingerprint density at radius 1 is 1.05 bits per heavy atom. The van der Waals surface area contributed by atoms with Crippen molar-refractivity contribution in [3.63, 3.8) is 0 Å². The molecule has 3 rings (SSSR count). The molecule has 0 aliphatic rings. The summed E-state index contributed by atoms with van der Waals surface area (Å²) < 4.78 is 5.56. The number of hydrogen-bond acceptors (Lipinski definition) is 4. The summed E-state index contributed by atoms with van der Waals surface area (Å²) in [5, 5.41) is 10.7. The number of para-hydroxylation sites is 1. The maximum absolute atomic E-state index is 12.0. The molecule has 1 N–H and O–H groups in total. The van der Waals surface area contributed by atoms with Gasteiger partial charge in [-0.2, -0.15) is 0 Å². The molecule has 20 heavy (non-hydrogen) atoms. The number of carbonyl (C=O) groups excluding carboxylic acids is 1. The number of hydrogen-bond donors (Lipinski definition) is 1. The summed E-state index contributed by atoms with van der Waals surface area (Å²) in [4.78, 5) is 12.0. The van der Waals surface area contributed by atoms with E-state index in [9.17, 15) is 9.90 Å². The zero-order valence-electron chi connectivity index (χ0n) is 10.6. The number of benzene rings is 2. The molecule has 0 aliphatic carbocycles. The van der Waals surface area contributed by atoms with Gasteiger partial charge in [-0.05, 0) is 12.1 Å². The molecular formula is C16H12O3S. The van der Waals surface area contributed by atoms with Crippen LogP contribution in [-0.2, 0) is 5.75 Å². The smallest absolute Gasteiger partial charge is 0.219 e. The van der Waals surface area contributed by atoms with Crippen molar-refractivity contribution in [2.24, 2.45) is 0 Å². The van der Waals surface area contributed by atoms with Gasteiger partial charge in [0.1, 0.15) is 5.58 Å². The lowest BCUT2D eigenvalue weighted by Gasteiger charge is -1.99.